The van der Waals surface area contributed by atoms with E-state index in [0.717, 1.165) is 5.56 Å². The molecule has 36 heavy (non-hydrogen) atoms. The third-order valence-corrected chi connectivity index (χ3v) is 6.67. The van der Waals surface area contributed by atoms with Gasteiger partial charge in [-0.25, -0.2) is 9.59 Å². The first-order chi connectivity index (χ1) is 17.1. The molecule has 11 heteroatoms. The highest BCUT2D eigenvalue weighted by Gasteiger charge is 2.48. The number of hydrazine groups is 1. The first kappa shape index (κ1) is 25.7. The Morgan fingerprint density at radius 3 is 2.44 bits per heavy atom. The average molecular weight is 502 g/mol. The van der Waals surface area contributed by atoms with E-state index >= 15 is 0 Å². The molecule has 196 valence electrons. The van der Waals surface area contributed by atoms with Crippen molar-refractivity contribution in [3.63, 3.8) is 0 Å². The molecule has 1 aromatic carbocycles. The van der Waals surface area contributed by atoms with E-state index in [2.05, 4.69) is 16.2 Å². The van der Waals surface area contributed by atoms with E-state index in [-0.39, 0.29) is 36.5 Å². The van der Waals surface area contributed by atoms with Crippen LogP contribution in [0.25, 0.3) is 0 Å². The van der Waals surface area contributed by atoms with Crippen LogP contribution in [0.3, 0.4) is 0 Å². The molecule has 11 nitrogen and oxygen atoms in total. The molecule has 3 N–H and O–H groups in total. The lowest BCUT2D eigenvalue weighted by Crippen LogP contribution is -2.54. The summed E-state index contributed by atoms with van der Waals surface area (Å²) in [6.07, 6.45) is 2.31. The monoisotopic (exact) mass is 501 g/mol. The number of carbonyl (C=O) groups excluding carboxylic acids is 4. The number of benzene rings is 1. The Balaban J connectivity index is 1.22. The average Bonchev–Trinajstić information content (AvgIpc) is 3.38. The van der Waals surface area contributed by atoms with Crippen molar-refractivity contribution in [3.05, 3.63) is 35.9 Å². The molecule has 2 saturated heterocycles. The Hall–Kier alpha value is -3.34. The minimum atomic E-state index is -0.676. The summed E-state index contributed by atoms with van der Waals surface area (Å²) < 4.78 is 5.27. The van der Waals surface area contributed by atoms with E-state index < -0.39 is 23.6 Å². The van der Waals surface area contributed by atoms with Gasteiger partial charge in [0.2, 0.25) is 5.91 Å². The van der Waals surface area contributed by atoms with Gasteiger partial charge in [-0.2, -0.15) is 5.06 Å². The highest BCUT2D eigenvalue weighted by atomic mass is 16.7. The number of nitrogens with one attached hydrogen (secondary N) is 3. The van der Waals surface area contributed by atoms with Gasteiger partial charge in [0.25, 0.3) is 5.91 Å². The Morgan fingerprint density at radius 2 is 1.72 bits per heavy atom. The van der Waals surface area contributed by atoms with Crippen LogP contribution >= 0.6 is 0 Å². The van der Waals surface area contributed by atoms with Gasteiger partial charge in [0.1, 0.15) is 18.2 Å². The molecule has 2 bridgehead atoms. The Kier molecular flexibility index (Phi) is 7.67. The van der Waals surface area contributed by atoms with Crippen LogP contribution in [0.1, 0.15) is 58.4 Å². The van der Waals surface area contributed by atoms with Gasteiger partial charge in [-0.15, -0.1) is 0 Å². The number of carbonyl (C=O) groups is 4. The van der Waals surface area contributed by atoms with E-state index in [9.17, 15) is 19.2 Å². The molecular formula is C25H35N5O6. The highest BCUT2D eigenvalue weighted by Crippen LogP contribution is 2.31. The lowest BCUT2D eigenvalue weighted by atomic mass is 10.0. The zero-order valence-corrected chi connectivity index (χ0v) is 21.0. The number of fused-ring (bicyclic) bond motifs is 2. The molecule has 0 unspecified atom stereocenters. The fraction of sp³-hybridized carbons (Fsp3) is 0.600. The molecule has 0 spiro atoms. The van der Waals surface area contributed by atoms with Crippen molar-refractivity contribution >= 4 is 23.9 Å². The van der Waals surface area contributed by atoms with E-state index in [1.807, 2.05) is 30.3 Å². The van der Waals surface area contributed by atoms with E-state index in [0.29, 0.717) is 38.6 Å². The van der Waals surface area contributed by atoms with Crippen LogP contribution < -0.4 is 16.2 Å². The zero-order chi connectivity index (χ0) is 25.9. The number of hydrogen-bond acceptors (Lipinski definition) is 6. The fourth-order valence-corrected chi connectivity index (χ4v) is 4.92. The van der Waals surface area contributed by atoms with Crippen molar-refractivity contribution < 1.29 is 28.8 Å². The standard InChI is InChI=1S/C25H35N5O6/c1-25(2,3)36-23(33)26-18-10-9-17(13-18)21(31)27-28-22(32)20-12-11-19-14-29(20)24(34)30(19)35-15-16-7-5-4-6-8-16/h4-8,17-20H,9-15H2,1-3H3,(H,26,33)(H,27,31)(H,28,32)/t17-,18+,19-,20+/m1/s1. The summed E-state index contributed by atoms with van der Waals surface area (Å²) in [4.78, 5) is 57.6. The highest BCUT2D eigenvalue weighted by molar-refractivity contribution is 5.90. The predicted molar refractivity (Wildman–Crippen MR) is 129 cm³/mol. The fourth-order valence-electron chi connectivity index (χ4n) is 4.92. The molecule has 4 rings (SSSR count). The first-order valence-corrected chi connectivity index (χ1v) is 12.5. The number of rotatable bonds is 6. The summed E-state index contributed by atoms with van der Waals surface area (Å²) in [7, 11) is 0. The Labute approximate surface area is 210 Å². The lowest BCUT2D eigenvalue weighted by molar-refractivity contribution is -0.140. The summed E-state index contributed by atoms with van der Waals surface area (Å²) in [5.74, 6) is -1.08. The minimum Gasteiger partial charge on any atom is -0.444 e. The van der Waals surface area contributed by atoms with Crippen LogP contribution in [-0.4, -0.2) is 64.2 Å². The number of amides is 5. The smallest absolute Gasteiger partial charge is 0.407 e. The van der Waals surface area contributed by atoms with Gasteiger partial charge in [-0.1, -0.05) is 30.3 Å². The third kappa shape index (κ3) is 6.26. The molecule has 0 aromatic heterocycles. The van der Waals surface area contributed by atoms with Crippen LogP contribution in [-0.2, 0) is 25.8 Å². The number of piperidine rings is 1. The van der Waals surface area contributed by atoms with Gasteiger partial charge in [0.15, 0.2) is 0 Å². The first-order valence-electron chi connectivity index (χ1n) is 12.5. The molecule has 3 fully saturated rings. The maximum absolute atomic E-state index is 12.9. The van der Waals surface area contributed by atoms with Crippen molar-refractivity contribution in [2.24, 2.45) is 5.92 Å². The van der Waals surface area contributed by atoms with Gasteiger partial charge in [0, 0.05) is 18.5 Å². The number of hydroxylamine groups is 2. The maximum atomic E-state index is 12.9. The largest absolute Gasteiger partial charge is 0.444 e. The van der Waals surface area contributed by atoms with Crippen molar-refractivity contribution in [1.82, 2.24) is 26.1 Å². The van der Waals surface area contributed by atoms with Crippen LogP contribution in [0.5, 0.6) is 0 Å². The molecule has 3 aliphatic rings. The number of nitrogens with zero attached hydrogens (tertiary/aromatic N) is 2. The summed E-state index contributed by atoms with van der Waals surface area (Å²) in [5, 5.41) is 4.17. The Bertz CT molecular complexity index is 981. The van der Waals surface area contributed by atoms with E-state index in [4.69, 9.17) is 9.57 Å². The molecule has 1 aromatic rings. The maximum Gasteiger partial charge on any atom is 0.407 e. The minimum absolute atomic E-state index is 0.104. The van der Waals surface area contributed by atoms with Crippen molar-refractivity contribution in [3.8, 4) is 0 Å². The molecule has 2 heterocycles. The Morgan fingerprint density at radius 1 is 1.00 bits per heavy atom. The SMILES string of the molecule is CC(C)(C)OC(=O)N[C@H]1CC[C@@H](C(=O)NNC(=O)[C@@H]2CC[C@@H]3CN2C(=O)N3OCc2ccccc2)C1. The summed E-state index contributed by atoms with van der Waals surface area (Å²) in [5.41, 5.74) is 5.35. The lowest BCUT2D eigenvalue weighted by Gasteiger charge is -2.29. The van der Waals surface area contributed by atoms with Crippen LogP contribution in [0, 0.1) is 5.92 Å². The molecule has 2 aliphatic heterocycles. The predicted octanol–water partition coefficient (Wildman–Crippen LogP) is 2.23. The van der Waals surface area contributed by atoms with Crippen molar-refractivity contribution in [2.45, 2.75) is 83.2 Å². The molecule has 4 atom stereocenters. The number of hydrogen-bond donors (Lipinski definition) is 3. The van der Waals surface area contributed by atoms with Gasteiger partial charge >= 0.3 is 12.1 Å². The second kappa shape index (κ2) is 10.7. The molecule has 0 radical (unpaired) electrons. The second-order valence-electron chi connectivity index (χ2n) is 10.6. The van der Waals surface area contributed by atoms with Crippen LogP contribution in [0.2, 0.25) is 0 Å². The second-order valence-corrected chi connectivity index (χ2v) is 10.6. The molecule has 1 saturated carbocycles. The summed E-state index contributed by atoms with van der Waals surface area (Å²) in [6, 6.07) is 8.29. The number of alkyl carbamates (subject to hydrolysis) is 1. The van der Waals surface area contributed by atoms with Crippen LogP contribution in [0.15, 0.2) is 30.3 Å². The third-order valence-electron chi connectivity index (χ3n) is 6.67. The van der Waals surface area contributed by atoms with Gasteiger partial charge in [0.05, 0.1) is 6.04 Å². The molecule has 5 amide bonds. The zero-order valence-electron chi connectivity index (χ0n) is 21.0. The topological polar surface area (TPSA) is 129 Å². The van der Waals surface area contributed by atoms with Gasteiger partial charge < -0.3 is 15.0 Å². The molecule has 1 aliphatic carbocycles. The number of urea groups is 1. The van der Waals surface area contributed by atoms with Crippen molar-refractivity contribution in [2.75, 3.05) is 6.54 Å². The quantitative estimate of drug-likeness (QED) is 0.513. The summed E-state index contributed by atoms with van der Waals surface area (Å²) >= 11 is 0. The van der Waals surface area contributed by atoms with E-state index in [1.165, 1.54) is 9.96 Å². The normalized spacial score (nSPS) is 25.5. The number of ether oxygens (including phenoxy) is 1. The van der Waals surface area contributed by atoms with Crippen molar-refractivity contribution in [1.29, 1.82) is 0 Å². The van der Waals surface area contributed by atoms with Gasteiger partial charge in [-0.3, -0.25) is 25.3 Å². The van der Waals surface area contributed by atoms with Crippen LogP contribution in [0.4, 0.5) is 9.59 Å². The van der Waals surface area contributed by atoms with E-state index in [1.54, 1.807) is 20.8 Å². The summed E-state index contributed by atoms with van der Waals surface area (Å²) in [6.45, 7) is 6.04. The molecular weight excluding hydrogens is 466 g/mol. The van der Waals surface area contributed by atoms with Gasteiger partial charge in [-0.05, 0) is 58.4 Å².